The van der Waals surface area contributed by atoms with Gasteiger partial charge < -0.3 is 5.73 Å². The van der Waals surface area contributed by atoms with Crippen LogP contribution in [0.4, 0.5) is 0 Å². The zero-order valence-corrected chi connectivity index (χ0v) is 7.82. The maximum atomic E-state index is 6.02. The van der Waals surface area contributed by atoms with Gasteiger partial charge in [0.05, 0.1) is 0 Å². The molecule has 2 N–H and O–H groups in total. The van der Waals surface area contributed by atoms with E-state index in [9.17, 15) is 0 Å². The van der Waals surface area contributed by atoms with Crippen molar-refractivity contribution in [2.24, 2.45) is 11.7 Å². The van der Waals surface area contributed by atoms with Crippen LogP contribution in [0.15, 0.2) is 24.5 Å². The summed E-state index contributed by atoms with van der Waals surface area (Å²) in [6.45, 7) is 0. The highest BCUT2D eigenvalue weighted by Crippen LogP contribution is 2.33. The lowest BCUT2D eigenvalue weighted by molar-refractivity contribution is 0.566. The zero-order valence-electron chi connectivity index (χ0n) is 7.82. The predicted molar refractivity (Wildman–Crippen MR) is 53.3 cm³/mol. The average Bonchev–Trinajstić information content (AvgIpc) is 2.90. The fourth-order valence-corrected chi connectivity index (χ4v) is 1.69. The number of hydrogen-bond donors (Lipinski definition) is 1. The van der Waals surface area contributed by atoms with Crippen molar-refractivity contribution in [1.29, 1.82) is 0 Å². The Morgan fingerprint density at radius 2 is 2.38 bits per heavy atom. The summed E-state index contributed by atoms with van der Waals surface area (Å²) >= 11 is 0. The molecule has 1 atom stereocenters. The van der Waals surface area contributed by atoms with Crippen molar-refractivity contribution in [2.75, 3.05) is 0 Å². The molecule has 1 saturated carbocycles. The minimum Gasteiger partial charge on any atom is -0.327 e. The molecule has 0 aromatic carbocycles. The van der Waals surface area contributed by atoms with E-state index in [-0.39, 0.29) is 0 Å². The van der Waals surface area contributed by atoms with Gasteiger partial charge in [0.25, 0.3) is 0 Å². The molecular weight excluding hydrogens is 160 g/mol. The molecule has 70 valence electrons. The molecule has 2 rings (SSSR count). The first-order valence-corrected chi connectivity index (χ1v) is 4.99. The van der Waals surface area contributed by atoms with E-state index in [1.54, 1.807) is 6.20 Å². The molecular formula is C11H16N2. The molecule has 0 amide bonds. The minimum absolute atomic E-state index is 0.330. The Morgan fingerprint density at radius 1 is 1.54 bits per heavy atom. The van der Waals surface area contributed by atoms with Crippen LogP contribution in [0.3, 0.4) is 0 Å². The largest absolute Gasteiger partial charge is 0.327 e. The highest BCUT2D eigenvalue weighted by molar-refractivity contribution is 5.10. The molecule has 1 aliphatic rings. The monoisotopic (exact) mass is 176 g/mol. The second-order valence-electron chi connectivity index (χ2n) is 4.00. The molecule has 2 heteroatoms. The van der Waals surface area contributed by atoms with Crippen LogP contribution in [0.1, 0.15) is 24.8 Å². The number of rotatable bonds is 4. The fraction of sp³-hybridized carbons (Fsp3) is 0.545. The quantitative estimate of drug-likeness (QED) is 0.759. The first-order valence-electron chi connectivity index (χ1n) is 4.99. The third-order valence-corrected chi connectivity index (χ3v) is 2.55. The van der Waals surface area contributed by atoms with Gasteiger partial charge >= 0.3 is 0 Å². The van der Waals surface area contributed by atoms with E-state index in [0.29, 0.717) is 6.04 Å². The second kappa shape index (κ2) is 3.88. The number of nitrogens with two attached hydrogens (primary N) is 1. The van der Waals surface area contributed by atoms with Crippen molar-refractivity contribution in [3.63, 3.8) is 0 Å². The van der Waals surface area contributed by atoms with Crippen molar-refractivity contribution in [1.82, 2.24) is 4.98 Å². The predicted octanol–water partition coefficient (Wildman–Crippen LogP) is 1.75. The molecule has 0 radical (unpaired) electrons. The smallest absolute Gasteiger partial charge is 0.0300 e. The summed E-state index contributed by atoms with van der Waals surface area (Å²) in [7, 11) is 0. The van der Waals surface area contributed by atoms with E-state index in [1.807, 2.05) is 12.3 Å². The summed E-state index contributed by atoms with van der Waals surface area (Å²) in [6.07, 6.45) is 8.66. The van der Waals surface area contributed by atoms with Gasteiger partial charge in [0.2, 0.25) is 0 Å². The second-order valence-corrected chi connectivity index (χ2v) is 4.00. The summed E-state index contributed by atoms with van der Waals surface area (Å²) in [5.74, 6) is 0.923. The Bertz CT molecular complexity index is 254. The normalized spacial score (nSPS) is 18.5. The van der Waals surface area contributed by atoms with Gasteiger partial charge in [-0.2, -0.15) is 0 Å². The van der Waals surface area contributed by atoms with Crippen LogP contribution >= 0.6 is 0 Å². The SMILES string of the molecule is NC(Cc1cccnc1)CC1CC1. The molecule has 0 bridgehead atoms. The molecule has 1 aromatic rings. The highest BCUT2D eigenvalue weighted by Gasteiger charge is 2.23. The van der Waals surface area contributed by atoms with Crippen LogP contribution in [0.5, 0.6) is 0 Å². The molecule has 0 aliphatic heterocycles. The van der Waals surface area contributed by atoms with Crippen molar-refractivity contribution in [2.45, 2.75) is 31.7 Å². The maximum Gasteiger partial charge on any atom is 0.0300 e. The Labute approximate surface area is 79.2 Å². The van der Waals surface area contributed by atoms with Crippen LogP contribution in [0, 0.1) is 5.92 Å². The Hall–Kier alpha value is -0.890. The average molecular weight is 176 g/mol. The van der Waals surface area contributed by atoms with E-state index in [2.05, 4.69) is 11.1 Å². The maximum absolute atomic E-state index is 6.02. The van der Waals surface area contributed by atoms with Crippen LogP contribution in [-0.4, -0.2) is 11.0 Å². The zero-order chi connectivity index (χ0) is 9.10. The van der Waals surface area contributed by atoms with Gasteiger partial charge in [0.15, 0.2) is 0 Å². The molecule has 0 saturated heterocycles. The van der Waals surface area contributed by atoms with Crippen molar-refractivity contribution >= 4 is 0 Å². The molecule has 13 heavy (non-hydrogen) atoms. The summed E-state index contributed by atoms with van der Waals surface area (Å²) in [4.78, 5) is 4.08. The Balaban J connectivity index is 1.82. The van der Waals surface area contributed by atoms with E-state index >= 15 is 0 Å². The molecule has 1 fully saturated rings. The van der Waals surface area contributed by atoms with Crippen LogP contribution < -0.4 is 5.73 Å². The van der Waals surface area contributed by atoms with Gasteiger partial charge in [-0.05, 0) is 30.4 Å². The fourth-order valence-electron chi connectivity index (χ4n) is 1.69. The first-order chi connectivity index (χ1) is 6.34. The Morgan fingerprint density at radius 3 is 3.00 bits per heavy atom. The number of hydrogen-bond acceptors (Lipinski definition) is 2. The topological polar surface area (TPSA) is 38.9 Å². The minimum atomic E-state index is 0.330. The number of pyridine rings is 1. The first kappa shape index (κ1) is 8.70. The van der Waals surface area contributed by atoms with Crippen molar-refractivity contribution < 1.29 is 0 Å². The highest BCUT2D eigenvalue weighted by atomic mass is 14.6. The molecule has 1 heterocycles. The van der Waals surface area contributed by atoms with Gasteiger partial charge in [0, 0.05) is 18.4 Å². The lowest BCUT2D eigenvalue weighted by atomic mass is 10.0. The van der Waals surface area contributed by atoms with E-state index in [1.165, 1.54) is 24.8 Å². The lowest BCUT2D eigenvalue weighted by Gasteiger charge is -2.09. The summed E-state index contributed by atoms with van der Waals surface area (Å²) < 4.78 is 0. The summed E-state index contributed by atoms with van der Waals surface area (Å²) in [5.41, 5.74) is 7.28. The van der Waals surface area contributed by atoms with E-state index < -0.39 is 0 Å². The molecule has 2 nitrogen and oxygen atoms in total. The standard InChI is InChI=1S/C11H16N2/c12-11(6-9-3-4-9)7-10-2-1-5-13-8-10/h1-2,5,8-9,11H,3-4,6-7,12H2. The number of nitrogens with zero attached hydrogens (tertiary/aromatic N) is 1. The van der Waals surface area contributed by atoms with Crippen molar-refractivity contribution in [3.05, 3.63) is 30.1 Å². The Kier molecular flexibility index (Phi) is 2.60. The molecule has 0 spiro atoms. The third kappa shape index (κ3) is 2.81. The van der Waals surface area contributed by atoms with Gasteiger partial charge in [-0.15, -0.1) is 0 Å². The van der Waals surface area contributed by atoms with Crippen LogP contribution in [-0.2, 0) is 6.42 Å². The molecule has 1 unspecified atom stereocenters. The van der Waals surface area contributed by atoms with E-state index in [0.717, 1.165) is 12.3 Å². The summed E-state index contributed by atoms with van der Waals surface area (Å²) in [6, 6.07) is 4.40. The van der Waals surface area contributed by atoms with Crippen LogP contribution in [0.2, 0.25) is 0 Å². The van der Waals surface area contributed by atoms with Crippen molar-refractivity contribution in [3.8, 4) is 0 Å². The third-order valence-electron chi connectivity index (χ3n) is 2.55. The van der Waals surface area contributed by atoms with E-state index in [4.69, 9.17) is 5.73 Å². The van der Waals surface area contributed by atoms with Gasteiger partial charge in [-0.1, -0.05) is 18.9 Å². The van der Waals surface area contributed by atoms with Gasteiger partial charge in [0.1, 0.15) is 0 Å². The van der Waals surface area contributed by atoms with Gasteiger partial charge in [-0.25, -0.2) is 0 Å². The van der Waals surface area contributed by atoms with Crippen LogP contribution in [0.25, 0.3) is 0 Å². The molecule has 1 aliphatic carbocycles. The lowest BCUT2D eigenvalue weighted by Crippen LogP contribution is -2.23. The van der Waals surface area contributed by atoms with Gasteiger partial charge in [-0.3, -0.25) is 4.98 Å². The number of aromatic nitrogens is 1. The summed E-state index contributed by atoms with van der Waals surface area (Å²) in [5, 5.41) is 0. The molecule has 1 aromatic heterocycles.